The molecule has 8 aliphatic rings. The topological polar surface area (TPSA) is 213 Å². The maximum atomic E-state index is 12.7. The number of carboxylic acid groups (broad SMARTS) is 1. The van der Waals surface area contributed by atoms with Crippen LogP contribution in [0.3, 0.4) is 0 Å². The number of hydrogen-bond donors (Lipinski definition) is 7. The molecule has 0 aromatic heterocycles. The van der Waals surface area contributed by atoms with Crippen molar-refractivity contribution >= 4 is 44.1 Å². The van der Waals surface area contributed by atoms with Crippen LogP contribution < -0.4 is 4.74 Å². The van der Waals surface area contributed by atoms with Crippen molar-refractivity contribution in [2.75, 3.05) is 38.1 Å². The minimum absolute atomic E-state index is 0.0557. The van der Waals surface area contributed by atoms with Gasteiger partial charge in [-0.3, -0.25) is 4.79 Å². The highest BCUT2D eigenvalue weighted by Gasteiger charge is 2.67. The van der Waals surface area contributed by atoms with Crippen LogP contribution in [0.2, 0.25) is 0 Å². The number of carbonyl (C=O) groups is 2. The summed E-state index contributed by atoms with van der Waals surface area (Å²) in [6.45, 7) is 3.53. The van der Waals surface area contributed by atoms with E-state index in [1.807, 2.05) is 0 Å². The highest BCUT2D eigenvalue weighted by atomic mass is 33.1. The maximum absolute atomic E-state index is 12.7. The molecule has 0 radical (unpaired) electrons. The van der Waals surface area contributed by atoms with Gasteiger partial charge in [0.2, 0.25) is 6.29 Å². The first kappa shape index (κ1) is 48.3. The molecule has 7 N–H and O–H groups in total. The molecule has 15 heteroatoms. The summed E-state index contributed by atoms with van der Waals surface area (Å²) in [6, 6.07) is 2.27. The van der Waals surface area contributed by atoms with Crippen LogP contribution in [0.4, 0.5) is 0 Å². The number of aromatic hydroxyl groups is 2. The summed E-state index contributed by atoms with van der Waals surface area (Å²) >= 11 is 0. The van der Waals surface area contributed by atoms with Crippen LogP contribution in [0, 0.1) is 51.8 Å². The van der Waals surface area contributed by atoms with Gasteiger partial charge in [-0.1, -0.05) is 40.9 Å². The summed E-state index contributed by atoms with van der Waals surface area (Å²) in [6.07, 6.45) is 16.0. The van der Waals surface area contributed by atoms with E-state index in [4.69, 9.17) is 18.9 Å². The first-order valence-corrected chi connectivity index (χ1v) is 27.7. The molecule has 5 aliphatic carbocycles. The molecule has 3 heterocycles. The number of Topliss-reactive ketones (excluding diaryl/α,β-unsaturated/α-hetero) is 1. The second-order valence-electron chi connectivity index (χ2n) is 23.0. The fourth-order valence-corrected chi connectivity index (χ4v) is 19.4. The number of phenols is 2. The van der Waals surface area contributed by atoms with Crippen LogP contribution in [0.15, 0.2) is 12.1 Å². The van der Waals surface area contributed by atoms with Gasteiger partial charge in [-0.15, -0.1) is 0 Å². The number of carbonyl (C=O) groups excluding carboxylic acids is 1. The molecule has 370 valence electrons. The van der Waals surface area contributed by atoms with E-state index in [0.717, 1.165) is 37.1 Å². The largest absolute Gasteiger partial charge is 0.507 e. The van der Waals surface area contributed by atoms with Crippen molar-refractivity contribution in [3.8, 4) is 17.2 Å². The Bertz CT molecular complexity index is 2230. The highest BCUT2D eigenvalue weighted by Crippen LogP contribution is 2.77. The van der Waals surface area contributed by atoms with Crippen LogP contribution in [-0.2, 0) is 14.2 Å². The van der Waals surface area contributed by atoms with Crippen LogP contribution >= 0.6 is 21.6 Å². The normalized spacial score (nSPS) is 40.5. The Balaban J connectivity index is 0.975. The summed E-state index contributed by atoms with van der Waals surface area (Å²) in [4.78, 5) is 25.0. The number of fused-ring (bicyclic) bond motifs is 2. The number of aromatic carboxylic acids is 1. The minimum Gasteiger partial charge on any atom is -0.507 e. The van der Waals surface area contributed by atoms with Gasteiger partial charge in [-0.25, -0.2) is 4.79 Å². The van der Waals surface area contributed by atoms with E-state index in [0.29, 0.717) is 54.1 Å². The highest BCUT2D eigenvalue weighted by molar-refractivity contribution is 8.76. The first-order valence-electron chi connectivity index (χ1n) is 25.2. The van der Waals surface area contributed by atoms with E-state index in [1.165, 1.54) is 108 Å². The number of carboxylic acids is 1. The summed E-state index contributed by atoms with van der Waals surface area (Å²) in [5, 5.41) is 78.5. The summed E-state index contributed by atoms with van der Waals surface area (Å²) < 4.78 is 26.1. The number of rotatable bonds is 8. The van der Waals surface area contributed by atoms with Gasteiger partial charge in [0.05, 0.1) is 29.7 Å². The fourth-order valence-electron chi connectivity index (χ4n) is 17.0. The molecule has 67 heavy (non-hydrogen) atoms. The average molecular weight is 969 g/mol. The third-order valence-electron chi connectivity index (χ3n) is 19.7. The van der Waals surface area contributed by atoms with E-state index in [9.17, 15) is 45.3 Å². The van der Waals surface area contributed by atoms with Crippen molar-refractivity contribution in [3.63, 3.8) is 0 Å². The lowest BCUT2D eigenvalue weighted by Crippen LogP contribution is -2.69. The van der Waals surface area contributed by atoms with Crippen LogP contribution in [0.1, 0.15) is 155 Å². The zero-order valence-electron chi connectivity index (χ0n) is 39.3. The van der Waals surface area contributed by atoms with Crippen LogP contribution in [0.5, 0.6) is 17.2 Å². The molecule has 0 bridgehead atoms. The second kappa shape index (κ2) is 18.1. The molecular weight excluding hydrogens is 897 g/mol. The molecule has 5 spiro atoms. The Morgan fingerprint density at radius 1 is 0.866 bits per heavy atom. The average Bonchev–Trinajstić information content (AvgIpc) is 4.09. The third-order valence-corrected chi connectivity index (χ3v) is 21.9. The monoisotopic (exact) mass is 968 g/mol. The Labute approximate surface area is 401 Å². The van der Waals surface area contributed by atoms with Crippen molar-refractivity contribution in [2.24, 2.45) is 44.8 Å². The minimum atomic E-state index is -1.78. The lowest BCUT2D eigenvalue weighted by molar-refractivity contribution is -0.323. The summed E-state index contributed by atoms with van der Waals surface area (Å²) in [7, 11) is 3.22. The van der Waals surface area contributed by atoms with Crippen molar-refractivity contribution in [1.29, 1.82) is 0 Å². The van der Waals surface area contributed by atoms with Gasteiger partial charge in [0.25, 0.3) is 0 Å². The van der Waals surface area contributed by atoms with Gasteiger partial charge in [0, 0.05) is 35.3 Å². The van der Waals surface area contributed by atoms with Gasteiger partial charge < -0.3 is 54.7 Å². The molecular formula is C52H72O13S2. The van der Waals surface area contributed by atoms with E-state index in [1.54, 1.807) is 10.8 Å². The first-order chi connectivity index (χ1) is 32.1. The van der Waals surface area contributed by atoms with E-state index < -0.39 is 60.1 Å². The van der Waals surface area contributed by atoms with Crippen molar-refractivity contribution < 1.29 is 64.3 Å². The molecule has 8 fully saturated rings. The predicted molar refractivity (Wildman–Crippen MR) is 254 cm³/mol. The summed E-state index contributed by atoms with van der Waals surface area (Å²) in [5.74, 6) is -1.37. The molecule has 3 saturated heterocycles. The molecule has 5 saturated carbocycles. The third kappa shape index (κ3) is 7.84. The van der Waals surface area contributed by atoms with Crippen LogP contribution in [-0.4, -0.2) is 116 Å². The number of aliphatic hydroxyl groups is 4. The fraction of sp³-hybridized carbons (Fsp3) is 0.769. The summed E-state index contributed by atoms with van der Waals surface area (Å²) in [5.41, 5.74) is -0.604. The Kier molecular flexibility index (Phi) is 13.0. The molecule has 3 aliphatic heterocycles. The van der Waals surface area contributed by atoms with Gasteiger partial charge in [-0.05, 0) is 168 Å². The molecule has 0 amide bonds. The number of hydrogen-bond acceptors (Lipinski definition) is 14. The Hall–Kier alpha value is -2.34. The van der Waals surface area contributed by atoms with Gasteiger partial charge in [0.1, 0.15) is 47.1 Å². The lowest BCUT2D eigenvalue weighted by atomic mass is 9.50. The smallest absolute Gasteiger partial charge is 0.335 e. The zero-order chi connectivity index (χ0) is 47.1. The van der Waals surface area contributed by atoms with E-state index in [-0.39, 0.29) is 68.9 Å². The molecule has 2 aromatic rings. The maximum Gasteiger partial charge on any atom is 0.335 e. The van der Waals surface area contributed by atoms with Crippen molar-refractivity contribution in [3.05, 3.63) is 28.8 Å². The molecule has 10 rings (SSSR count). The van der Waals surface area contributed by atoms with E-state index in [2.05, 4.69) is 0 Å². The quantitative estimate of drug-likeness (QED) is 0.0749. The van der Waals surface area contributed by atoms with Crippen molar-refractivity contribution in [1.82, 2.24) is 0 Å². The van der Waals surface area contributed by atoms with Gasteiger partial charge >= 0.3 is 5.97 Å². The van der Waals surface area contributed by atoms with Crippen LogP contribution in [0.25, 0.3) is 10.8 Å². The number of phenolic OH excluding ortho intramolecular Hbond substituents is 2. The molecule has 13 nitrogen and oxygen atoms in total. The zero-order valence-corrected chi connectivity index (χ0v) is 40.9. The number of benzene rings is 2. The van der Waals surface area contributed by atoms with Gasteiger partial charge in [-0.2, -0.15) is 0 Å². The number of ketones is 1. The molecule has 12 atom stereocenters. The van der Waals surface area contributed by atoms with Crippen molar-refractivity contribution in [2.45, 2.75) is 166 Å². The predicted octanol–water partition coefficient (Wildman–Crippen LogP) is 8.67. The number of ether oxygens (including phenoxy) is 4. The Morgan fingerprint density at radius 3 is 2.28 bits per heavy atom. The number of aliphatic hydroxyl groups excluding tert-OH is 4. The molecule has 12 unspecified atom stereocenters. The SMILES string of the molecule is CC(=O)c1c(C)c(O)c2cc(C(=O)O)cc(OC3OC(CO)C4(CCC5CC6(CCC7(CCCC78CCC7(CCCC7)C8)C6)CC6COCC(CCCO)(CSSCO4)C56)C(O)C3O)c2c1O. The Morgan fingerprint density at radius 2 is 1.58 bits per heavy atom. The standard InChI is InChI=1S/C52H72O13S2/c1-30-38(31(2)55)42(57)39-35(41(30)56)19-33(45(60)61)20-36(39)64-46-43(58)44(59)52(37(23-54)65-46)13-7-32-21-48(22-34-24-62-27-49(40(32)34,10-6-18-53)28-66-67-29-63-52)15-17-51(26-48)12-5-11-50(51)16-14-47(25-50)8-3-4-9-47/h19-20,32,34,37,40,43-44,46,53-54,56-59H,3-18,21-29H2,1-2H3,(H,60,61). The van der Waals surface area contributed by atoms with Gasteiger partial charge in [0.15, 0.2) is 5.78 Å². The lowest BCUT2D eigenvalue weighted by Gasteiger charge is -2.58. The molecule has 2 aromatic carbocycles. The second-order valence-corrected chi connectivity index (χ2v) is 25.4. The van der Waals surface area contributed by atoms with E-state index >= 15 is 0 Å².